The van der Waals surface area contributed by atoms with Gasteiger partial charge < -0.3 is 4.74 Å². The van der Waals surface area contributed by atoms with Crippen LogP contribution < -0.4 is 4.74 Å². The van der Waals surface area contributed by atoms with Gasteiger partial charge in [-0.2, -0.15) is 0 Å². The van der Waals surface area contributed by atoms with Crippen molar-refractivity contribution in [3.63, 3.8) is 0 Å². The number of Topliss-reactive ketones (excluding diaryl/α,β-unsaturated/α-hetero) is 1. The first-order valence-corrected chi connectivity index (χ1v) is 7.72. The molecular weight excluding hydrogens is 410 g/mol. The average Bonchev–Trinajstić information content (AvgIpc) is 2.40. The molecule has 5 heteroatoms. The summed E-state index contributed by atoms with van der Waals surface area (Å²) in [5, 5.41) is 0.832. The number of carbonyl (C=O) groups is 1. The van der Waals surface area contributed by atoms with E-state index in [9.17, 15) is 4.79 Å². The molecule has 2 nitrogen and oxygen atoms in total. The zero-order valence-electron chi connectivity index (χ0n) is 10.6. The van der Waals surface area contributed by atoms with Crippen molar-refractivity contribution in [2.24, 2.45) is 0 Å². The Labute approximate surface area is 141 Å². The average molecular weight is 421 g/mol. The molecule has 0 bridgehead atoms. The molecule has 0 aliphatic heterocycles. The molecule has 0 radical (unpaired) electrons. The van der Waals surface area contributed by atoms with E-state index in [0.29, 0.717) is 21.4 Å². The van der Waals surface area contributed by atoms with E-state index < -0.39 is 6.10 Å². The van der Waals surface area contributed by atoms with Crippen LogP contribution in [0.25, 0.3) is 0 Å². The summed E-state index contributed by atoms with van der Waals surface area (Å²) < 4.78 is 6.73. The molecule has 20 heavy (non-hydrogen) atoms. The third-order valence-corrected chi connectivity index (χ3v) is 3.96. The highest BCUT2D eigenvalue weighted by Crippen LogP contribution is 2.23. The first kappa shape index (κ1) is 15.6. The molecule has 0 heterocycles. The van der Waals surface area contributed by atoms with E-state index in [1.165, 1.54) is 0 Å². The SMILES string of the molecule is CC(Oc1ccc(I)cc1)C(=O)c1ccc(Cl)cc1Cl. The molecule has 0 aromatic heterocycles. The monoisotopic (exact) mass is 420 g/mol. The van der Waals surface area contributed by atoms with Crippen molar-refractivity contribution in [1.82, 2.24) is 0 Å². The second-order valence-electron chi connectivity index (χ2n) is 4.20. The lowest BCUT2D eigenvalue weighted by molar-refractivity contribution is 0.0818. The predicted octanol–water partition coefficient (Wildman–Crippen LogP) is 5.25. The van der Waals surface area contributed by atoms with Crippen LogP contribution in [-0.4, -0.2) is 11.9 Å². The number of ketones is 1. The molecular formula is C15H11Cl2IO2. The van der Waals surface area contributed by atoms with Gasteiger partial charge in [-0.25, -0.2) is 0 Å². The number of hydrogen-bond acceptors (Lipinski definition) is 2. The van der Waals surface area contributed by atoms with E-state index in [1.807, 2.05) is 24.3 Å². The summed E-state index contributed by atoms with van der Waals surface area (Å²) in [6.07, 6.45) is -0.617. The van der Waals surface area contributed by atoms with Gasteiger partial charge in [-0.3, -0.25) is 4.79 Å². The van der Waals surface area contributed by atoms with E-state index in [2.05, 4.69) is 22.6 Å². The molecule has 0 N–H and O–H groups in total. The molecule has 2 aromatic carbocycles. The van der Waals surface area contributed by atoms with Crippen LogP contribution in [-0.2, 0) is 0 Å². The summed E-state index contributed by atoms with van der Waals surface area (Å²) in [4.78, 5) is 12.3. The fourth-order valence-corrected chi connectivity index (χ4v) is 2.54. The molecule has 1 atom stereocenters. The molecule has 0 aliphatic carbocycles. The standard InChI is InChI=1S/C15H11Cl2IO2/c1-9(20-12-5-3-11(18)4-6-12)15(19)13-7-2-10(16)8-14(13)17/h2-9H,1H3. The van der Waals surface area contributed by atoms with Crippen molar-refractivity contribution in [3.05, 3.63) is 61.6 Å². The molecule has 0 aliphatic rings. The van der Waals surface area contributed by atoms with Gasteiger partial charge in [0.15, 0.2) is 6.10 Å². The maximum absolute atomic E-state index is 12.3. The van der Waals surface area contributed by atoms with Gasteiger partial charge in [-0.05, 0) is 72.0 Å². The van der Waals surface area contributed by atoms with E-state index in [0.717, 1.165) is 3.57 Å². The lowest BCUT2D eigenvalue weighted by Gasteiger charge is -2.14. The maximum atomic E-state index is 12.3. The van der Waals surface area contributed by atoms with Gasteiger partial charge in [-0.1, -0.05) is 23.2 Å². The Morgan fingerprint density at radius 2 is 1.80 bits per heavy atom. The van der Waals surface area contributed by atoms with Crippen molar-refractivity contribution >= 4 is 51.6 Å². The number of rotatable bonds is 4. The molecule has 104 valence electrons. The molecule has 0 amide bonds. The third-order valence-electron chi connectivity index (χ3n) is 2.69. The zero-order valence-corrected chi connectivity index (χ0v) is 14.2. The largest absolute Gasteiger partial charge is 0.483 e. The fraction of sp³-hybridized carbons (Fsp3) is 0.133. The Hall–Kier alpha value is -0.780. The predicted molar refractivity (Wildman–Crippen MR) is 90.0 cm³/mol. The maximum Gasteiger partial charge on any atom is 0.204 e. The van der Waals surface area contributed by atoms with Crippen LogP contribution in [0.3, 0.4) is 0 Å². The quantitative estimate of drug-likeness (QED) is 0.498. The molecule has 0 saturated carbocycles. The molecule has 0 spiro atoms. The minimum atomic E-state index is -0.617. The molecule has 0 saturated heterocycles. The van der Waals surface area contributed by atoms with Crippen LogP contribution in [0.1, 0.15) is 17.3 Å². The lowest BCUT2D eigenvalue weighted by Crippen LogP contribution is -2.24. The fourth-order valence-electron chi connectivity index (χ4n) is 1.68. The Morgan fingerprint density at radius 3 is 2.40 bits per heavy atom. The minimum Gasteiger partial charge on any atom is -0.483 e. The molecule has 1 unspecified atom stereocenters. The van der Waals surface area contributed by atoms with E-state index in [-0.39, 0.29) is 5.78 Å². The highest BCUT2D eigenvalue weighted by molar-refractivity contribution is 14.1. The minimum absolute atomic E-state index is 0.176. The molecule has 2 rings (SSSR count). The summed E-state index contributed by atoms with van der Waals surface area (Å²) in [5.74, 6) is 0.474. The second kappa shape index (κ2) is 6.78. The zero-order chi connectivity index (χ0) is 14.7. The van der Waals surface area contributed by atoms with Crippen molar-refractivity contribution in [2.45, 2.75) is 13.0 Å². The van der Waals surface area contributed by atoms with Crippen LogP contribution in [0.5, 0.6) is 5.75 Å². The Balaban J connectivity index is 2.14. The van der Waals surface area contributed by atoms with Crippen LogP contribution in [0.4, 0.5) is 0 Å². The first-order valence-electron chi connectivity index (χ1n) is 5.89. The van der Waals surface area contributed by atoms with Crippen molar-refractivity contribution < 1.29 is 9.53 Å². The van der Waals surface area contributed by atoms with Gasteiger partial charge in [0.2, 0.25) is 5.78 Å². The Morgan fingerprint density at radius 1 is 1.15 bits per heavy atom. The number of halogens is 3. The summed E-state index contributed by atoms with van der Waals surface area (Å²) >= 11 is 14.1. The molecule has 0 fully saturated rings. The van der Waals surface area contributed by atoms with Crippen LogP contribution in [0.15, 0.2) is 42.5 Å². The lowest BCUT2D eigenvalue weighted by atomic mass is 10.1. The number of ether oxygens (including phenoxy) is 1. The first-order chi connectivity index (χ1) is 9.47. The van der Waals surface area contributed by atoms with Gasteiger partial charge in [-0.15, -0.1) is 0 Å². The van der Waals surface area contributed by atoms with Crippen LogP contribution in [0.2, 0.25) is 10.0 Å². The van der Waals surface area contributed by atoms with Gasteiger partial charge in [0.1, 0.15) is 5.75 Å². The van der Waals surface area contributed by atoms with Crippen LogP contribution in [0, 0.1) is 3.57 Å². The van der Waals surface area contributed by atoms with E-state index in [4.69, 9.17) is 27.9 Å². The third kappa shape index (κ3) is 3.87. The Kier molecular flexibility index (Phi) is 5.29. The number of benzene rings is 2. The topological polar surface area (TPSA) is 26.3 Å². The van der Waals surface area contributed by atoms with Crippen molar-refractivity contribution in [3.8, 4) is 5.75 Å². The van der Waals surface area contributed by atoms with Crippen LogP contribution >= 0.6 is 45.8 Å². The second-order valence-corrected chi connectivity index (χ2v) is 6.29. The normalized spacial score (nSPS) is 12.0. The highest BCUT2D eigenvalue weighted by atomic mass is 127. The van der Waals surface area contributed by atoms with Crippen molar-refractivity contribution in [1.29, 1.82) is 0 Å². The molecule has 2 aromatic rings. The number of carbonyl (C=O) groups excluding carboxylic acids is 1. The summed E-state index contributed by atoms with van der Waals surface area (Å²) in [7, 11) is 0. The van der Waals surface area contributed by atoms with Crippen molar-refractivity contribution in [2.75, 3.05) is 0 Å². The van der Waals surface area contributed by atoms with Gasteiger partial charge >= 0.3 is 0 Å². The van der Waals surface area contributed by atoms with E-state index >= 15 is 0 Å². The van der Waals surface area contributed by atoms with E-state index in [1.54, 1.807) is 25.1 Å². The van der Waals surface area contributed by atoms with Gasteiger partial charge in [0.05, 0.1) is 5.02 Å². The Bertz CT molecular complexity index is 626. The van der Waals surface area contributed by atoms with Gasteiger partial charge in [0, 0.05) is 14.2 Å². The van der Waals surface area contributed by atoms with Gasteiger partial charge in [0.25, 0.3) is 0 Å². The summed E-state index contributed by atoms with van der Waals surface area (Å²) in [6, 6.07) is 12.3. The summed E-state index contributed by atoms with van der Waals surface area (Å²) in [5.41, 5.74) is 0.411. The smallest absolute Gasteiger partial charge is 0.204 e. The summed E-state index contributed by atoms with van der Waals surface area (Å²) in [6.45, 7) is 1.70. The highest BCUT2D eigenvalue weighted by Gasteiger charge is 2.19. The number of hydrogen-bond donors (Lipinski definition) is 0.